The topological polar surface area (TPSA) is 83.6 Å². The highest BCUT2D eigenvalue weighted by Crippen LogP contribution is 2.20. The summed E-state index contributed by atoms with van der Waals surface area (Å²) in [6, 6.07) is 20.4. The lowest BCUT2D eigenvalue weighted by atomic mass is 9.95. The van der Waals surface area contributed by atoms with Crippen LogP contribution in [0.5, 0.6) is 5.75 Å². The van der Waals surface area contributed by atoms with Gasteiger partial charge in [0.1, 0.15) is 5.75 Å². The molecule has 0 spiro atoms. The highest BCUT2D eigenvalue weighted by Gasteiger charge is 2.26. The van der Waals surface area contributed by atoms with Crippen molar-refractivity contribution in [3.63, 3.8) is 0 Å². The molecule has 0 aliphatic carbocycles. The largest absolute Gasteiger partial charge is 0.497 e. The third-order valence-electron chi connectivity index (χ3n) is 6.45. The first-order valence-electron chi connectivity index (χ1n) is 12.0. The number of amides is 2. The minimum atomic E-state index is -0.332. The van der Waals surface area contributed by atoms with Gasteiger partial charge in [0.05, 0.1) is 13.2 Å². The van der Waals surface area contributed by atoms with E-state index < -0.39 is 0 Å². The number of methoxy groups -OCH3 is 1. The van der Waals surface area contributed by atoms with Crippen LogP contribution >= 0.6 is 0 Å². The minimum absolute atomic E-state index is 0.0163. The summed E-state index contributed by atoms with van der Waals surface area (Å²) in [5.74, 6) is 0.533. The molecule has 0 bridgehead atoms. The molecule has 182 valence electrons. The Labute approximate surface area is 206 Å². The van der Waals surface area contributed by atoms with Crippen LogP contribution < -0.4 is 15.4 Å². The molecule has 1 atom stereocenters. The average Bonchev–Trinajstić information content (AvgIpc) is 2.92. The fourth-order valence-corrected chi connectivity index (χ4v) is 4.37. The Bertz CT molecular complexity index is 1080. The van der Waals surface area contributed by atoms with Crippen LogP contribution in [-0.2, 0) is 11.3 Å². The Morgan fingerprint density at radius 1 is 1.00 bits per heavy atom. The van der Waals surface area contributed by atoms with Gasteiger partial charge in [-0.25, -0.2) is 0 Å². The Hall–Kier alpha value is -3.71. The molecule has 1 aromatic heterocycles. The summed E-state index contributed by atoms with van der Waals surface area (Å²) in [6.45, 7) is 2.99. The molecular weight excluding hydrogens is 440 g/mol. The summed E-state index contributed by atoms with van der Waals surface area (Å²) in [5.41, 5.74) is 2.72. The molecule has 2 heterocycles. The molecule has 7 heteroatoms. The Morgan fingerprint density at radius 3 is 2.34 bits per heavy atom. The second-order valence-electron chi connectivity index (χ2n) is 8.82. The number of hydrogen-bond acceptors (Lipinski definition) is 5. The number of likely N-dealkylation sites (tertiary alicyclic amines) is 1. The van der Waals surface area contributed by atoms with Gasteiger partial charge in [0.2, 0.25) is 5.91 Å². The van der Waals surface area contributed by atoms with E-state index in [1.165, 1.54) is 5.56 Å². The molecule has 0 radical (unpaired) electrons. The van der Waals surface area contributed by atoms with E-state index in [1.54, 1.807) is 31.4 Å². The molecule has 1 aliphatic heterocycles. The number of aromatic nitrogens is 1. The maximum Gasteiger partial charge on any atom is 0.251 e. The monoisotopic (exact) mass is 472 g/mol. The number of piperidine rings is 1. The van der Waals surface area contributed by atoms with Crippen LogP contribution in [0, 0.1) is 5.92 Å². The zero-order valence-corrected chi connectivity index (χ0v) is 20.0. The summed E-state index contributed by atoms with van der Waals surface area (Å²) in [5, 5.41) is 6.16. The second kappa shape index (κ2) is 12.1. The summed E-state index contributed by atoms with van der Waals surface area (Å²) < 4.78 is 5.17. The highest BCUT2D eigenvalue weighted by molar-refractivity contribution is 5.94. The van der Waals surface area contributed by atoms with E-state index in [0.29, 0.717) is 17.9 Å². The van der Waals surface area contributed by atoms with Gasteiger partial charge < -0.3 is 15.4 Å². The highest BCUT2D eigenvalue weighted by atomic mass is 16.5. The van der Waals surface area contributed by atoms with E-state index in [4.69, 9.17) is 4.74 Å². The molecule has 3 aromatic rings. The lowest BCUT2D eigenvalue weighted by molar-refractivity contribution is -0.126. The van der Waals surface area contributed by atoms with Gasteiger partial charge in [-0.2, -0.15) is 0 Å². The zero-order valence-electron chi connectivity index (χ0n) is 20.0. The van der Waals surface area contributed by atoms with E-state index in [-0.39, 0.29) is 23.8 Å². The van der Waals surface area contributed by atoms with Crippen LogP contribution in [-0.4, -0.2) is 48.4 Å². The first kappa shape index (κ1) is 24.4. The van der Waals surface area contributed by atoms with Crippen molar-refractivity contribution in [2.24, 2.45) is 5.92 Å². The predicted octanol–water partition coefficient (Wildman–Crippen LogP) is 3.59. The second-order valence-corrected chi connectivity index (χ2v) is 8.82. The van der Waals surface area contributed by atoms with Crippen LogP contribution in [0.25, 0.3) is 0 Å². The van der Waals surface area contributed by atoms with Crippen molar-refractivity contribution in [3.05, 3.63) is 95.8 Å². The summed E-state index contributed by atoms with van der Waals surface area (Å²) in [6.07, 6.45) is 5.27. The van der Waals surface area contributed by atoms with Crippen LogP contribution in [0.2, 0.25) is 0 Å². The molecule has 2 amide bonds. The van der Waals surface area contributed by atoms with Crippen LogP contribution in [0.15, 0.2) is 79.1 Å². The van der Waals surface area contributed by atoms with E-state index >= 15 is 0 Å². The van der Waals surface area contributed by atoms with Gasteiger partial charge in [-0.3, -0.25) is 19.5 Å². The first-order valence-corrected chi connectivity index (χ1v) is 12.0. The first-order chi connectivity index (χ1) is 17.1. The molecule has 4 rings (SSSR count). The number of rotatable bonds is 9. The van der Waals surface area contributed by atoms with Crippen LogP contribution in [0.3, 0.4) is 0 Å². The Balaban J connectivity index is 1.32. The van der Waals surface area contributed by atoms with Gasteiger partial charge in [0.25, 0.3) is 5.91 Å². The molecule has 1 aliphatic rings. The number of carbonyl (C=O) groups is 2. The maximum absolute atomic E-state index is 13.0. The number of nitrogens with zero attached hydrogens (tertiary/aromatic N) is 2. The molecule has 2 aromatic carbocycles. The third kappa shape index (κ3) is 6.90. The maximum atomic E-state index is 13.0. The van der Waals surface area contributed by atoms with Gasteiger partial charge in [-0.05, 0) is 73.5 Å². The fourth-order valence-electron chi connectivity index (χ4n) is 4.37. The number of hydrogen-bond donors (Lipinski definition) is 2. The van der Waals surface area contributed by atoms with E-state index in [2.05, 4.69) is 20.5 Å². The van der Waals surface area contributed by atoms with Crippen molar-refractivity contribution in [2.75, 3.05) is 26.7 Å². The molecule has 0 saturated carbocycles. The summed E-state index contributed by atoms with van der Waals surface area (Å²) in [7, 11) is 1.59. The Morgan fingerprint density at radius 2 is 1.69 bits per heavy atom. The molecule has 1 unspecified atom stereocenters. The lowest BCUT2D eigenvalue weighted by Gasteiger charge is -2.31. The summed E-state index contributed by atoms with van der Waals surface area (Å²) >= 11 is 0. The quantitative estimate of drug-likeness (QED) is 0.497. The van der Waals surface area contributed by atoms with Gasteiger partial charge in [0, 0.05) is 37.0 Å². The van der Waals surface area contributed by atoms with Gasteiger partial charge in [0.15, 0.2) is 0 Å². The minimum Gasteiger partial charge on any atom is -0.497 e. The standard InChI is InChI=1S/C28H32N4O3/c1-35-25-9-7-23(8-10-25)28(34)31-26(22-5-3-2-4-6-22)19-30-27(33)24-13-17-32(18-14-24)20-21-11-15-29-16-12-21/h2-12,15-16,24,26H,13-14,17-20H2,1H3,(H,30,33)(H,31,34). The smallest absolute Gasteiger partial charge is 0.251 e. The fraction of sp³-hybridized carbons (Fsp3) is 0.321. The molecule has 2 N–H and O–H groups in total. The summed E-state index contributed by atoms with van der Waals surface area (Å²) in [4.78, 5) is 32.3. The normalized spacial score (nSPS) is 15.2. The van der Waals surface area contributed by atoms with Crippen LogP contribution in [0.1, 0.15) is 40.4 Å². The molecule has 35 heavy (non-hydrogen) atoms. The predicted molar refractivity (Wildman–Crippen MR) is 135 cm³/mol. The van der Waals surface area contributed by atoms with Crippen molar-refractivity contribution < 1.29 is 14.3 Å². The van der Waals surface area contributed by atoms with Crippen molar-refractivity contribution in [2.45, 2.75) is 25.4 Å². The van der Waals surface area contributed by atoms with Crippen molar-refractivity contribution in [3.8, 4) is 5.75 Å². The van der Waals surface area contributed by atoms with Crippen molar-refractivity contribution in [1.29, 1.82) is 0 Å². The molecule has 1 fully saturated rings. The molecule has 7 nitrogen and oxygen atoms in total. The van der Waals surface area contributed by atoms with Gasteiger partial charge >= 0.3 is 0 Å². The molecular formula is C28H32N4O3. The number of nitrogens with one attached hydrogen (secondary N) is 2. The van der Waals surface area contributed by atoms with Gasteiger partial charge in [-0.1, -0.05) is 30.3 Å². The van der Waals surface area contributed by atoms with E-state index in [0.717, 1.165) is 38.0 Å². The lowest BCUT2D eigenvalue weighted by Crippen LogP contribution is -2.43. The van der Waals surface area contributed by atoms with Crippen molar-refractivity contribution in [1.82, 2.24) is 20.5 Å². The number of benzene rings is 2. The molecule has 1 saturated heterocycles. The van der Waals surface area contributed by atoms with E-state index in [9.17, 15) is 9.59 Å². The average molecular weight is 473 g/mol. The number of ether oxygens (including phenoxy) is 1. The zero-order chi connectivity index (χ0) is 24.5. The van der Waals surface area contributed by atoms with Crippen LogP contribution in [0.4, 0.5) is 0 Å². The number of carbonyl (C=O) groups excluding carboxylic acids is 2. The van der Waals surface area contributed by atoms with Crippen molar-refractivity contribution >= 4 is 11.8 Å². The Kier molecular flexibility index (Phi) is 8.46. The van der Waals surface area contributed by atoms with Gasteiger partial charge in [-0.15, -0.1) is 0 Å². The third-order valence-corrected chi connectivity index (χ3v) is 6.45. The van der Waals surface area contributed by atoms with E-state index in [1.807, 2.05) is 54.9 Å². The number of pyridine rings is 1. The SMILES string of the molecule is COc1ccc(C(=O)NC(CNC(=O)C2CCN(Cc3ccncc3)CC2)c2ccccc2)cc1.